The Morgan fingerprint density at radius 1 is 0.935 bits per heavy atom. The van der Waals surface area contributed by atoms with E-state index in [9.17, 15) is 14.0 Å². The van der Waals surface area contributed by atoms with E-state index in [0.717, 1.165) is 4.90 Å². The second-order valence-electron chi connectivity index (χ2n) is 6.82. The molecule has 0 spiro atoms. The van der Waals surface area contributed by atoms with Crippen LogP contribution in [0, 0.1) is 12.7 Å². The summed E-state index contributed by atoms with van der Waals surface area (Å²) >= 11 is 1.45. The first kappa shape index (κ1) is 20.6. The van der Waals surface area contributed by atoms with E-state index in [-0.39, 0.29) is 11.2 Å². The van der Waals surface area contributed by atoms with Gasteiger partial charge in [0.05, 0.1) is 11.4 Å². The predicted octanol–water partition coefficient (Wildman–Crippen LogP) is 5.08. The lowest BCUT2D eigenvalue weighted by Gasteiger charge is -2.09. The molecule has 0 atom stereocenters. The Hall–Kier alpha value is -3.71. The van der Waals surface area contributed by atoms with Crippen LogP contribution >= 0.6 is 11.8 Å². The number of anilines is 1. The van der Waals surface area contributed by atoms with Gasteiger partial charge in [-0.2, -0.15) is 9.78 Å². The van der Waals surface area contributed by atoms with Gasteiger partial charge < -0.3 is 5.32 Å². The molecule has 0 saturated heterocycles. The second-order valence-corrected chi connectivity index (χ2v) is 7.91. The minimum Gasteiger partial charge on any atom is -0.319 e. The van der Waals surface area contributed by atoms with E-state index in [1.54, 1.807) is 42.5 Å². The molecular formula is C24H18FN3O2S. The zero-order valence-electron chi connectivity index (χ0n) is 16.6. The summed E-state index contributed by atoms with van der Waals surface area (Å²) in [7, 11) is 0. The molecule has 4 rings (SSSR count). The molecule has 5 nitrogen and oxygen atoms in total. The highest BCUT2D eigenvalue weighted by atomic mass is 32.2. The van der Waals surface area contributed by atoms with Crippen LogP contribution in [-0.4, -0.2) is 15.7 Å². The van der Waals surface area contributed by atoms with Crippen molar-refractivity contribution in [2.75, 3.05) is 5.32 Å². The molecule has 154 valence electrons. The van der Waals surface area contributed by atoms with Crippen LogP contribution in [0.1, 0.15) is 15.9 Å². The monoisotopic (exact) mass is 431 g/mol. The number of nitrogens with one attached hydrogen (secondary N) is 1. The highest BCUT2D eigenvalue weighted by molar-refractivity contribution is 7.99. The van der Waals surface area contributed by atoms with Gasteiger partial charge in [0.2, 0.25) is 0 Å². The molecule has 1 N–H and O–H groups in total. The fourth-order valence-corrected chi connectivity index (χ4v) is 3.64. The Bertz CT molecular complexity index is 1290. The Labute approximate surface area is 182 Å². The maximum atomic E-state index is 13.7. The molecule has 1 amide bonds. The number of carbonyl (C=O) groups is 1. The zero-order chi connectivity index (χ0) is 21.8. The van der Waals surface area contributed by atoms with Gasteiger partial charge in [-0.1, -0.05) is 41.6 Å². The van der Waals surface area contributed by atoms with Gasteiger partial charge in [-0.15, -0.1) is 0 Å². The summed E-state index contributed by atoms with van der Waals surface area (Å²) in [6.07, 6.45) is 0. The van der Waals surface area contributed by atoms with Crippen molar-refractivity contribution in [1.29, 1.82) is 0 Å². The fourth-order valence-electron chi connectivity index (χ4n) is 2.87. The van der Waals surface area contributed by atoms with Crippen LogP contribution in [0.5, 0.6) is 0 Å². The van der Waals surface area contributed by atoms with Crippen molar-refractivity contribution in [2.45, 2.75) is 16.8 Å². The lowest BCUT2D eigenvalue weighted by molar-refractivity contribution is 0.102. The number of aryl methyl sites for hydroxylation is 1. The lowest BCUT2D eigenvalue weighted by atomic mass is 10.2. The van der Waals surface area contributed by atoms with E-state index >= 15 is 0 Å². The molecule has 1 aromatic heterocycles. The number of nitrogens with zero attached hydrogens (tertiary/aromatic N) is 2. The molecule has 0 aliphatic carbocycles. The van der Waals surface area contributed by atoms with E-state index in [1.165, 1.54) is 40.2 Å². The number of halogens is 1. The maximum Gasteiger partial charge on any atom is 0.271 e. The predicted molar refractivity (Wildman–Crippen MR) is 119 cm³/mol. The summed E-state index contributed by atoms with van der Waals surface area (Å²) in [5.74, 6) is -0.952. The smallest absolute Gasteiger partial charge is 0.271 e. The van der Waals surface area contributed by atoms with Crippen molar-refractivity contribution < 1.29 is 9.18 Å². The molecule has 1 heterocycles. The van der Waals surface area contributed by atoms with E-state index in [4.69, 9.17) is 0 Å². The third-order valence-corrected chi connectivity index (χ3v) is 5.45. The van der Waals surface area contributed by atoms with Gasteiger partial charge in [-0.3, -0.25) is 9.59 Å². The Kier molecular flexibility index (Phi) is 5.95. The summed E-state index contributed by atoms with van der Waals surface area (Å²) < 4.78 is 15.0. The Morgan fingerprint density at radius 2 is 1.65 bits per heavy atom. The minimum absolute atomic E-state index is 0.107. The third kappa shape index (κ3) is 4.90. The standard InChI is InChI=1S/C24H18FN3O2S/c1-16-6-12-19(13-7-16)31-22-14-15-23(29)28(27-22)18-10-8-17(9-11-18)24(30)26-21-5-3-2-4-20(21)25/h2-15H,1H3,(H,26,30). The molecule has 0 bridgehead atoms. The quantitative estimate of drug-likeness (QED) is 0.478. The molecule has 0 fully saturated rings. The van der Waals surface area contributed by atoms with Crippen LogP contribution in [0.15, 0.2) is 99.6 Å². The first-order valence-electron chi connectivity index (χ1n) is 9.51. The van der Waals surface area contributed by atoms with Crippen molar-refractivity contribution in [3.8, 4) is 5.69 Å². The minimum atomic E-state index is -0.508. The number of para-hydroxylation sites is 1. The molecule has 0 radical (unpaired) electrons. The number of aromatic nitrogens is 2. The van der Waals surface area contributed by atoms with E-state index < -0.39 is 11.7 Å². The van der Waals surface area contributed by atoms with Crippen LogP contribution < -0.4 is 10.9 Å². The zero-order valence-corrected chi connectivity index (χ0v) is 17.4. The van der Waals surface area contributed by atoms with Crippen molar-refractivity contribution in [3.05, 3.63) is 112 Å². The van der Waals surface area contributed by atoms with Gasteiger partial charge in [-0.25, -0.2) is 4.39 Å². The number of hydrogen-bond donors (Lipinski definition) is 1. The summed E-state index contributed by atoms with van der Waals surface area (Å²) in [6, 6.07) is 23.5. The molecule has 7 heteroatoms. The molecule has 0 aliphatic heterocycles. The molecule has 4 aromatic rings. The number of hydrogen-bond acceptors (Lipinski definition) is 4. The van der Waals surface area contributed by atoms with E-state index in [2.05, 4.69) is 10.4 Å². The van der Waals surface area contributed by atoms with Crippen molar-refractivity contribution in [1.82, 2.24) is 9.78 Å². The molecular weight excluding hydrogens is 413 g/mol. The third-order valence-electron chi connectivity index (χ3n) is 4.52. The van der Waals surface area contributed by atoms with Crippen molar-refractivity contribution >= 4 is 23.4 Å². The molecule has 0 saturated carbocycles. The van der Waals surface area contributed by atoms with E-state index in [0.29, 0.717) is 16.3 Å². The highest BCUT2D eigenvalue weighted by Gasteiger charge is 2.10. The molecule has 0 unspecified atom stereocenters. The topological polar surface area (TPSA) is 64.0 Å². The summed E-state index contributed by atoms with van der Waals surface area (Å²) in [4.78, 5) is 25.8. The first-order valence-corrected chi connectivity index (χ1v) is 10.3. The Balaban J connectivity index is 1.54. The molecule has 31 heavy (non-hydrogen) atoms. The van der Waals surface area contributed by atoms with Crippen molar-refractivity contribution in [2.24, 2.45) is 0 Å². The number of amides is 1. The normalized spacial score (nSPS) is 10.6. The number of rotatable bonds is 5. The van der Waals surface area contributed by atoms with Crippen LogP contribution in [0.25, 0.3) is 5.69 Å². The summed E-state index contributed by atoms with van der Waals surface area (Å²) in [5.41, 5.74) is 1.86. The number of benzene rings is 3. The van der Waals surface area contributed by atoms with Crippen LogP contribution in [0.3, 0.4) is 0 Å². The van der Waals surface area contributed by atoms with Gasteiger partial charge in [0, 0.05) is 16.5 Å². The largest absolute Gasteiger partial charge is 0.319 e. The van der Waals surface area contributed by atoms with Crippen LogP contribution in [-0.2, 0) is 0 Å². The lowest BCUT2D eigenvalue weighted by Crippen LogP contribution is -2.20. The SMILES string of the molecule is Cc1ccc(Sc2ccc(=O)n(-c3ccc(C(=O)Nc4ccccc4F)cc3)n2)cc1. The van der Waals surface area contributed by atoms with E-state index in [1.807, 2.05) is 31.2 Å². The van der Waals surface area contributed by atoms with Gasteiger partial charge in [0.1, 0.15) is 10.8 Å². The van der Waals surface area contributed by atoms with Crippen molar-refractivity contribution in [3.63, 3.8) is 0 Å². The Morgan fingerprint density at radius 3 is 2.35 bits per heavy atom. The number of carbonyl (C=O) groups excluding carboxylic acids is 1. The van der Waals surface area contributed by atoms with Crippen LogP contribution in [0.2, 0.25) is 0 Å². The summed E-state index contributed by atoms with van der Waals surface area (Å²) in [5, 5.41) is 7.64. The van der Waals surface area contributed by atoms with Crippen LogP contribution in [0.4, 0.5) is 10.1 Å². The van der Waals surface area contributed by atoms with Gasteiger partial charge in [0.15, 0.2) is 0 Å². The van der Waals surface area contributed by atoms with Gasteiger partial charge >= 0.3 is 0 Å². The molecule has 3 aromatic carbocycles. The highest BCUT2D eigenvalue weighted by Crippen LogP contribution is 2.25. The average molecular weight is 431 g/mol. The molecule has 0 aliphatic rings. The fraction of sp³-hybridized carbons (Fsp3) is 0.0417. The second kappa shape index (κ2) is 8.97. The maximum absolute atomic E-state index is 13.7. The summed E-state index contributed by atoms with van der Waals surface area (Å²) in [6.45, 7) is 2.02. The van der Waals surface area contributed by atoms with Gasteiger partial charge in [0.25, 0.3) is 11.5 Å². The average Bonchev–Trinajstić information content (AvgIpc) is 2.78. The first-order chi connectivity index (χ1) is 15.0. The van der Waals surface area contributed by atoms with Gasteiger partial charge in [-0.05, 0) is 61.5 Å².